The van der Waals surface area contributed by atoms with E-state index in [4.69, 9.17) is 4.74 Å². The number of anilines is 2. The molecule has 5 nitrogen and oxygen atoms in total. The highest BCUT2D eigenvalue weighted by Crippen LogP contribution is 2.23. The van der Waals surface area contributed by atoms with E-state index in [1.807, 2.05) is 18.2 Å². The van der Waals surface area contributed by atoms with Crippen molar-refractivity contribution in [1.82, 2.24) is 0 Å². The number of benzene rings is 2. The lowest BCUT2D eigenvalue weighted by Gasteiger charge is -2.09. The van der Waals surface area contributed by atoms with Crippen LogP contribution < -0.4 is 15.4 Å². The van der Waals surface area contributed by atoms with Crippen molar-refractivity contribution >= 4 is 23.2 Å². The molecule has 2 amide bonds. The second-order valence-corrected chi connectivity index (χ2v) is 5.18. The Bertz CT molecular complexity index is 723. The first-order chi connectivity index (χ1) is 10.6. The van der Waals surface area contributed by atoms with Crippen molar-refractivity contribution in [2.75, 3.05) is 17.7 Å². The summed E-state index contributed by atoms with van der Waals surface area (Å²) in [7, 11) is 1.59. The van der Waals surface area contributed by atoms with Crippen molar-refractivity contribution in [3.8, 4) is 5.75 Å². The lowest BCUT2D eigenvalue weighted by Crippen LogP contribution is -2.19. The molecular formula is C17H16N2O3. The van der Waals surface area contributed by atoms with E-state index in [0.29, 0.717) is 24.2 Å². The first kappa shape index (κ1) is 14.1. The first-order valence-electron chi connectivity index (χ1n) is 6.99. The fourth-order valence-electron chi connectivity index (χ4n) is 2.50. The van der Waals surface area contributed by atoms with Crippen molar-refractivity contribution in [3.05, 3.63) is 53.6 Å². The second-order valence-electron chi connectivity index (χ2n) is 5.18. The van der Waals surface area contributed by atoms with E-state index in [9.17, 15) is 9.59 Å². The van der Waals surface area contributed by atoms with Crippen LogP contribution in [0.2, 0.25) is 0 Å². The molecule has 0 aliphatic heterocycles. The van der Waals surface area contributed by atoms with Gasteiger partial charge in [-0.05, 0) is 47.5 Å². The number of methoxy groups -OCH3 is 1. The molecule has 0 saturated heterocycles. The van der Waals surface area contributed by atoms with Gasteiger partial charge >= 0.3 is 6.03 Å². The zero-order valence-electron chi connectivity index (χ0n) is 12.2. The first-order valence-corrected chi connectivity index (χ1v) is 6.99. The predicted molar refractivity (Wildman–Crippen MR) is 84.5 cm³/mol. The Labute approximate surface area is 128 Å². The molecule has 2 aromatic rings. The SMILES string of the molecule is COc1ccc(NC(=O)Nc2ccc3c(c2)CC(=O)C3)cc1. The van der Waals surface area contributed by atoms with Crippen molar-refractivity contribution in [3.63, 3.8) is 0 Å². The highest BCUT2D eigenvalue weighted by molar-refractivity contribution is 6.00. The number of amides is 2. The van der Waals surface area contributed by atoms with Gasteiger partial charge in [0.05, 0.1) is 7.11 Å². The van der Waals surface area contributed by atoms with Gasteiger partial charge in [-0.25, -0.2) is 4.79 Å². The van der Waals surface area contributed by atoms with Gasteiger partial charge in [0, 0.05) is 24.2 Å². The Morgan fingerprint density at radius 1 is 0.955 bits per heavy atom. The van der Waals surface area contributed by atoms with Crippen LogP contribution in [0.3, 0.4) is 0 Å². The van der Waals surface area contributed by atoms with Gasteiger partial charge in [0.15, 0.2) is 0 Å². The van der Waals surface area contributed by atoms with E-state index in [-0.39, 0.29) is 11.8 Å². The van der Waals surface area contributed by atoms with Gasteiger partial charge in [0.2, 0.25) is 0 Å². The van der Waals surface area contributed by atoms with Gasteiger partial charge < -0.3 is 15.4 Å². The maximum Gasteiger partial charge on any atom is 0.323 e. The topological polar surface area (TPSA) is 67.4 Å². The summed E-state index contributed by atoms with van der Waals surface area (Å²) in [5.74, 6) is 0.948. The summed E-state index contributed by atoms with van der Waals surface area (Å²) >= 11 is 0. The Balaban J connectivity index is 1.64. The lowest BCUT2D eigenvalue weighted by atomic mass is 10.1. The van der Waals surface area contributed by atoms with E-state index in [1.165, 1.54) is 0 Å². The molecule has 0 aromatic heterocycles. The zero-order chi connectivity index (χ0) is 15.5. The zero-order valence-corrected chi connectivity index (χ0v) is 12.2. The maximum absolute atomic E-state index is 12.0. The van der Waals surface area contributed by atoms with Crippen molar-refractivity contribution in [2.45, 2.75) is 12.8 Å². The van der Waals surface area contributed by atoms with Crippen LogP contribution in [0.4, 0.5) is 16.2 Å². The average molecular weight is 296 g/mol. The Kier molecular flexibility index (Phi) is 3.78. The number of ether oxygens (including phenoxy) is 1. The van der Waals surface area contributed by atoms with Gasteiger partial charge in [0.1, 0.15) is 11.5 Å². The fraction of sp³-hybridized carbons (Fsp3) is 0.176. The van der Waals surface area contributed by atoms with E-state index in [1.54, 1.807) is 31.4 Å². The summed E-state index contributed by atoms with van der Waals surface area (Å²) in [6, 6.07) is 12.3. The van der Waals surface area contributed by atoms with Gasteiger partial charge in [-0.2, -0.15) is 0 Å². The minimum Gasteiger partial charge on any atom is -0.497 e. The highest BCUT2D eigenvalue weighted by Gasteiger charge is 2.18. The largest absolute Gasteiger partial charge is 0.497 e. The van der Waals surface area contributed by atoms with Gasteiger partial charge in [0.25, 0.3) is 0 Å². The summed E-state index contributed by atoms with van der Waals surface area (Å²) in [6.07, 6.45) is 0.943. The number of carbonyl (C=O) groups excluding carboxylic acids is 2. The minimum absolute atomic E-state index is 0.217. The van der Waals surface area contributed by atoms with Crippen LogP contribution in [0.5, 0.6) is 5.75 Å². The molecule has 0 spiro atoms. The number of carbonyl (C=O) groups is 2. The van der Waals surface area contributed by atoms with E-state index in [2.05, 4.69) is 10.6 Å². The van der Waals surface area contributed by atoms with Crippen LogP contribution in [-0.4, -0.2) is 18.9 Å². The van der Waals surface area contributed by atoms with Crippen molar-refractivity contribution in [2.24, 2.45) is 0 Å². The molecule has 0 saturated carbocycles. The normalized spacial score (nSPS) is 12.7. The van der Waals surface area contributed by atoms with Crippen LogP contribution >= 0.6 is 0 Å². The molecule has 22 heavy (non-hydrogen) atoms. The van der Waals surface area contributed by atoms with Crippen molar-refractivity contribution in [1.29, 1.82) is 0 Å². The smallest absolute Gasteiger partial charge is 0.323 e. The second kappa shape index (κ2) is 5.89. The molecule has 0 atom stereocenters. The molecule has 0 heterocycles. The summed E-state index contributed by atoms with van der Waals surface area (Å²) in [4.78, 5) is 23.4. The lowest BCUT2D eigenvalue weighted by molar-refractivity contribution is -0.117. The minimum atomic E-state index is -0.325. The number of fused-ring (bicyclic) bond motifs is 1. The maximum atomic E-state index is 12.0. The Hall–Kier alpha value is -2.82. The Morgan fingerprint density at radius 3 is 2.32 bits per heavy atom. The molecule has 2 aromatic carbocycles. The number of nitrogens with one attached hydrogen (secondary N) is 2. The fourth-order valence-corrected chi connectivity index (χ4v) is 2.50. The number of urea groups is 1. The third-order valence-corrected chi connectivity index (χ3v) is 3.59. The molecule has 0 bridgehead atoms. The van der Waals surface area contributed by atoms with Crippen LogP contribution in [0.15, 0.2) is 42.5 Å². The molecule has 2 N–H and O–H groups in total. The summed E-state index contributed by atoms with van der Waals surface area (Å²) in [5.41, 5.74) is 3.40. The van der Waals surface area contributed by atoms with Crippen LogP contribution in [-0.2, 0) is 17.6 Å². The molecule has 0 radical (unpaired) electrons. The average Bonchev–Trinajstić information content (AvgIpc) is 2.87. The summed E-state index contributed by atoms with van der Waals surface area (Å²) in [5, 5.41) is 5.52. The standard InChI is InChI=1S/C17H16N2O3/c1-22-16-6-4-13(5-7-16)18-17(21)19-14-3-2-11-9-15(20)10-12(11)8-14/h2-8H,9-10H2,1H3,(H2,18,19,21). The van der Waals surface area contributed by atoms with Crippen LogP contribution in [0, 0.1) is 0 Å². The van der Waals surface area contributed by atoms with E-state index < -0.39 is 0 Å². The van der Waals surface area contributed by atoms with Crippen LogP contribution in [0.25, 0.3) is 0 Å². The van der Waals surface area contributed by atoms with Crippen LogP contribution in [0.1, 0.15) is 11.1 Å². The van der Waals surface area contributed by atoms with Gasteiger partial charge in [-0.15, -0.1) is 0 Å². The molecule has 112 valence electrons. The molecule has 0 unspecified atom stereocenters. The number of rotatable bonds is 3. The molecular weight excluding hydrogens is 280 g/mol. The molecule has 5 heteroatoms. The summed E-state index contributed by atoms with van der Waals surface area (Å²) < 4.78 is 5.07. The highest BCUT2D eigenvalue weighted by atomic mass is 16.5. The molecule has 3 rings (SSSR count). The predicted octanol–water partition coefficient (Wildman–Crippen LogP) is 3.01. The number of hydrogen-bond donors (Lipinski definition) is 2. The van der Waals surface area contributed by atoms with E-state index in [0.717, 1.165) is 16.9 Å². The van der Waals surface area contributed by atoms with Crippen molar-refractivity contribution < 1.29 is 14.3 Å². The third kappa shape index (κ3) is 3.09. The third-order valence-electron chi connectivity index (χ3n) is 3.59. The van der Waals surface area contributed by atoms with Gasteiger partial charge in [-0.1, -0.05) is 6.07 Å². The number of Topliss-reactive ketones (excluding diaryl/α,β-unsaturated/α-hetero) is 1. The van der Waals surface area contributed by atoms with E-state index >= 15 is 0 Å². The monoisotopic (exact) mass is 296 g/mol. The molecule has 1 aliphatic carbocycles. The molecule has 0 fully saturated rings. The quantitative estimate of drug-likeness (QED) is 0.915. The summed E-state index contributed by atoms with van der Waals surface area (Å²) in [6.45, 7) is 0. The number of ketones is 1. The number of hydrogen-bond acceptors (Lipinski definition) is 3. The Morgan fingerprint density at radius 2 is 1.59 bits per heavy atom. The molecule has 1 aliphatic rings. The van der Waals surface area contributed by atoms with Gasteiger partial charge in [-0.3, -0.25) is 4.79 Å².